The van der Waals surface area contributed by atoms with Gasteiger partial charge in [0.05, 0.1) is 5.02 Å². The van der Waals surface area contributed by atoms with Crippen LogP contribution in [0, 0.1) is 11.8 Å². The highest BCUT2D eigenvalue weighted by Crippen LogP contribution is 2.20. The maximum atomic E-state index is 12.2. The van der Waals surface area contributed by atoms with E-state index in [1.807, 2.05) is 0 Å². The molecule has 0 saturated heterocycles. The molecule has 0 aliphatic rings. The molecular weight excluding hydrogens is 183 g/mol. The molecule has 5 heteroatoms. The zero-order valence-corrected chi connectivity index (χ0v) is 6.05. The third kappa shape index (κ3) is 1.36. The van der Waals surface area contributed by atoms with E-state index >= 15 is 0 Å². The second-order valence-electron chi connectivity index (χ2n) is 1.53. The summed E-state index contributed by atoms with van der Waals surface area (Å²) < 4.78 is 24.3. The van der Waals surface area contributed by atoms with E-state index in [0.717, 1.165) is 6.07 Å². The summed E-state index contributed by atoms with van der Waals surface area (Å²) in [6.45, 7) is 0. The van der Waals surface area contributed by atoms with Gasteiger partial charge in [0.25, 0.3) is 0 Å². The van der Waals surface area contributed by atoms with Crippen LogP contribution < -0.4 is 0 Å². The SMILES string of the molecule is Fc1cc(Cl)c(Cl)nc1F. The molecule has 0 aliphatic heterocycles. The van der Waals surface area contributed by atoms with Crippen LogP contribution in [-0.4, -0.2) is 4.98 Å². The number of halogens is 4. The van der Waals surface area contributed by atoms with E-state index in [0.29, 0.717) is 0 Å². The maximum absolute atomic E-state index is 12.2. The Balaban J connectivity index is 3.28. The Labute approximate surface area is 65.6 Å². The van der Waals surface area contributed by atoms with Gasteiger partial charge in [0, 0.05) is 6.07 Å². The van der Waals surface area contributed by atoms with Crippen LogP contribution in [0.3, 0.4) is 0 Å². The van der Waals surface area contributed by atoms with Crippen molar-refractivity contribution < 1.29 is 8.78 Å². The Hall–Kier alpha value is -0.410. The molecule has 0 aromatic carbocycles. The van der Waals surface area contributed by atoms with Crippen molar-refractivity contribution in [3.8, 4) is 0 Å². The van der Waals surface area contributed by atoms with Crippen LogP contribution in [0.15, 0.2) is 6.07 Å². The Morgan fingerprint density at radius 2 is 1.90 bits per heavy atom. The molecular formula is C5HCl2F2N. The van der Waals surface area contributed by atoms with Crippen molar-refractivity contribution in [2.75, 3.05) is 0 Å². The summed E-state index contributed by atoms with van der Waals surface area (Å²) in [7, 11) is 0. The third-order valence-corrected chi connectivity index (χ3v) is 1.52. The Bertz CT molecular complexity index is 214. The molecule has 0 aliphatic carbocycles. The lowest BCUT2D eigenvalue weighted by molar-refractivity contribution is 0.479. The molecule has 0 fully saturated rings. The number of nitrogens with zero attached hydrogens (tertiary/aromatic N) is 1. The first kappa shape index (κ1) is 7.69. The van der Waals surface area contributed by atoms with Crippen molar-refractivity contribution >= 4 is 23.2 Å². The van der Waals surface area contributed by atoms with Gasteiger partial charge >= 0.3 is 0 Å². The Morgan fingerprint density at radius 1 is 1.30 bits per heavy atom. The Kier molecular flexibility index (Phi) is 2.06. The van der Waals surface area contributed by atoms with Crippen molar-refractivity contribution in [1.82, 2.24) is 4.98 Å². The van der Waals surface area contributed by atoms with E-state index in [1.54, 1.807) is 0 Å². The van der Waals surface area contributed by atoms with Crippen LogP contribution >= 0.6 is 23.2 Å². The molecule has 0 radical (unpaired) electrons. The third-order valence-electron chi connectivity index (χ3n) is 0.844. The molecule has 1 aromatic heterocycles. The van der Waals surface area contributed by atoms with Crippen LogP contribution in [0.4, 0.5) is 8.78 Å². The lowest BCUT2D eigenvalue weighted by Crippen LogP contribution is -1.89. The van der Waals surface area contributed by atoms with Crippen molar-refractivity contribution in [3.63, 3.8) is 0 Å². The van der Waals surface area contributed by atoms with Gasteiger partial charge in [-0.05, 0) is 0 Å². The molecule has 0 spiro atoms. The highest BCUT2D eigenvalue weighted by molar-refractivity contribution is 6.41. The smallest absolute Gasteiger partial charge is 0.204 e. The average molecular weight is 184 g/mol. The first-order chi connectivity index (χ1) is 4.61. The minimum Gasteiger partial charge on any atom is -0.204 e. The molecule has 0 saturated carbocycles. The zero-order chi connectivity index (χ0) is 7.72. The van der Waals surface area contributed by atoms with E-state index < -0.39 is 11.8 Å². The van der Waals surface area contributed by atoms with Gasteiger partial charge in [-0.2, -0.15) is 4.39 Å². The summed E-state index contributed by atoms with van der Waals surface area (Å²) >= 11 is 10.5. The normalized spacial score (nSPS) is 10.0. The highest BCUT2D eigenvalue weighted by atomic mass is 35.5. The number of hydrogen-bond donors (Lipinski definition) is 0. The molecule has 1 heterocycles. The van der Waals surface area contributed by atoms with Crippen molar-refractivity contribution in [2.45, 2.75) is 0 Å². The quantitative estimate of drug-likeness (QED) is 0.564. The molecule has 0 bridgehead atoms. The van der Waals surface area contributed by atoms with Crippen LogP contribution in [-0.2, 0) is 0 Å². The molecule has 0 N–H and O–H groups in total. The van der Waals surface area contributed by atoms with E-state index in [-0.39, 0.29) is 10.2 Å². The summed E-state index contributed by atoms with van der Waals surface area (Å²) in [5, 5.41) is -0.332. The van der Waals surface area contributed by atoms with Crippen molar-refractivity contribution in [1.29, 1.82) is 0 Å². The number of rotatable bonds is 0. The average Bonchev–Trinajstić information content (AvgIpc) is 1.84. The maximum Gasteiger partial charge on any atom is 0.250 e. The molecule has 1 rings (SSSR count). The van der Waals surface area contributed by atoms with Gasteiger partial charge in [-0.1, -0.05) is 23.2 Å². The number of aromatic nitrogens is 1. The summed E-state index contributed by atoms with van der Waals surface area (Å²) in [5.74, 6) is -2.34. The van der Waals surface area contributed by atoms with Crippen LogP contribution in [0.25, 0.3) is 0 Å². The van der Waals surface area contributed by atoms with Gasteiger partial charge in [0.2, 0.25) is 5.95 Å². The fourth-order valence-corrected chi connectivity index (χ4v) is 0.690. The summed E-state index contributed by atoms with van der Waals surface area (Å²) in [6.07, 6.45) is 0. The lowest BCUT2D eigenvalue weighted by atomic mass is 10.5. The van der Waals surface area contributed by atoms with E-state index in [4.69, 9.17) is 23.2 Å². The largest absolute Gasteiger partial charge is 0.250 e. The molecule has 0 atom stereocenters. The summed E-state index contributed by atoms with van der Waals surface area (Å²) in [6, 6.07) is 0.770. The van der Waals surface area contributed by atoms with Crippen LogP contribution in [0.1, 0.15) is 0 Å². The number of pyridine rings is 1. The predicted octanol–water partition coefficient (Wildman–Crippen LogP) is 2.67. The molecule has 0 amide bonds. The van der Waals surface area contributed by atoms with Gasteiger partial charge in [-0.25, -0.2) is 9.37 Å². The molecule has 0 unspecified atom stereocenters. The highest BCUT2D eigenvalue weighted by Gasteiger charge is 2.06. The van der Waals surface area contributed by atoms with Gasteiger partial charge in [0.1, 0.15) is 0 Å². The van der Waals surface area contributed by atoms with Crippen LogP contribution in [0.2, 0.25) is 10.2 Å². The van der Waals surface area contributed by atoms with E-state index in [2.05, 4.69) is 4.98 Å². The van der Waals surface area contributed by atoms with Gasteiger partial charge < -0.3 is 0 Å². The summed E-state index contributed by atoms with van der Waals surface area (Å²) in [4.78, 5) is 2.96. The van der Waals surface area contributed by atoms with Crippen molar-refractivity contribution in [2.24, 2.45) is 0 Å². The van der Waals surface area contributed by atoms with Crippen molar-refractivity contribution in [3.05, 3.63) is 28.0 Å². The second-order valence-corrected chi connectivity index (χ2v) is 2.30. The minimum atomic E-state index is -1.24. The molecule has 10 heavy (non-hydrogen) atoms. The lowest BCUT2D eigenvalue weighted by Gasteiger charge is -1.93. The standard InChI is InChI=1S/C5HCl2F2N/c6-2-1-3(8)5(9)10-4(2)7/h1H. The zero-order valence-electron chi connectivity index (χ0n) is 4.54. The summed E-state index contributed by atoms with van der Waals surface area (Å²) in [5.41, 5.74) is 0. The molecule has 1 nitrogen and oxygen atoms in total. The molecule has 1 aromatic rings. The van der Waals surface area contributed by atoms with Gasteiger partial charge in [-0.3, -0.25) is 0 Å². The van der Waals surface area contributed by atoms with E-state index in [9.17, 15) is 8.78 Å². The van der Waals surface area contributed by atoms with Gasteiger partial charge in [0.15, 0.2) is 11.0 Å². The van der Waals surface area contributed by atoms with E-state index in [1.165, 1.54) is 0 Å². The first-order valence-corrected chi connectivity index (χ1v) is 3.04. The minimum absolute atomic E-state index is 0.0967. The Morgan fingerprint density at radius 3 is 2.40 bits per heavy atom. The fourth-order valence-electron chi connectivity index (χ4n) is 0.423. The topological polar surface area (TPSA) is 12.9 Å². The second kappa shape index (κ2) is 2.68. The molecule has 54 valence electrons. The van der Waals surface area contributed by atoms with Crippen LogP contribution in [0.5, 0.6) is 0 Å². The number of hydrogen-bond acceptors (Lipinski definition) is 1. The first-order valence-electron chi connectivity index (χ1n) is 2.28. The predicted molar refractivity (Wildman–Crippen MR) is 34.2 cm³/mol. The van der Waals surface area contributed by atoms with Gasteiger partial charge in [-0.15, -0.1) is 0 Å². The fraction of sp³-hybridized carbons (Fsp3) is 0. The monoisotopic (exact) mass is 183 g/mol.